The monoisotopic (exact) mass is 614 g/mol. The van der Waals surface area contributed by atoms with Gasteiger partial charge in [0.15, 0.2) is 0 Å². The van der Waals surface area contributed by atoms with E-state index in [1.54, 1.807) is 0 Å². The van der Waals surface area contributed by atoms with Gasteiger partial charge in [0.2, 0.25) is 17.7 Å². The molecule has 246 valence electrons. The molecule has 0 spiro atoms. The molecular weight excluding hydrogens is 564 g/mol. The maximum absolute atomic E-state index is 13.2. The number of hydrogen-bond donors (Lipinski definition) is 4. The van der Waals surface area contributed by atoms with Crippen LogP contribution in [0.2, 0.25) is 0 Å². The number of ether oxygens (including phenoxy) is 1. The van der Waals surface area contributed by atoms with Crippen LogP contribution in [0.3, 0.4) is 0 Å². The van der Waals surface area contributed by atoms with Crippen LogP contribution in [-0.4, -0.2) is 73.6 Å². The zero-order chi connectivity index (χ0) is 34.4. The van der Waals surface area contributed by atoms with Gasteiger partial charge in [-0.15, -0.1) is 0 Å². The Labute approximate surface area is 254 Å². The lowest BCUT2D eigenvalue weighted by Gasteiger charge is -2.29. The molecule has 14 heteroatoms. The van der Waals surface area contributed by atoms with Crippen molar-refractivity contribution in [2.75, 3.05) is 13.7 Å². The number of esters is 1. The highest BCUT2D eigenvalue weighted by Gasteiger charge is 2.32. The molecule has 0 radical (unpaired) electrons. The Kier molecular flexibility index (Phi) is 23.2. The summed E-state index contributed by atoms with van der Waals surface area (Å²) in [7, 11) is 1.21. The summed E-state index contributed by atoms with van der Waals surface area (Å²) in [4.78, 5) is 95.4. The van der Waals surface area contributed by atoms with Crippen LogP contribution < -0.4 is 21.7 Å². The van der Waals surface area contributed by atoms with Gasteiger partial charge in [0.1, 0.15) is 24.4 Å². The second-order valence-corrected chi connectivity index (χ2v) is 12.4. The Morgan fingerprint density at radius 3 is 1.72 bits per heavy atom. The molecule has 5 N–H and O–H groups in total. The van der Waals surface area contributed by atoms with Crippen LogP contribution in [0.1, 0.15) is 93.9 Å². The summed E-state index contributed by atoms with van der Waals surface area (Å²) in [6.07, 6.45) is 3.60. The second-order valence-electron chi connectivity index (χ2n) is 12.4. The molecule has 0 aromatic rings. The normalized spacial score (nSPS) is 13.3. The minimum absolute atomic E-state index is 0.00487. The van der Waals surface area contributed by atoms with Crippen molar-refractivity contribution in [1.82, 2.24) is 16.0 Å². The van der Waals surface area contributed by atoms with Crippen LogP contribution in [0.4, 0.5) is 0 Å². The average molecular weight is 615 g/mol. The van der Waals surface area contributed by atoms with Crippen LogP contribution in [0.5, 0.6) is 0 Å². The Morgan fingerprint density at radius 1 is 0.814 bits per heavy atom. The Bertz CT molecular complexity index is 945. The first kappa shape index (κ1) is 43.7. The number of amides is 3. The highest BCUT2D eigenvalue weighted by Crippen LogP contribution is 2.27. The van der Waals surface area contributed by atoms with Crippen molar-refractivity contribution < 1.29 is 47.9 Å². The molecule has 0 unspecified atom stereocenters. The molecule has 0 aliphatic heterocycles. The number of carbonyl (C=O) groups is 5. The number of nitrogens with two attached hydrogens (primary N) is 1. The minimum atomic E-state index is -0.949. The van der Waals surface area contributed by atoms with Gasteiger partial charge in [-0.2, -0.15) is 19.2 Å². The van der Waals surface area contributed by atoms with Crippen molar-refractivity contribution in [3.63, 3.8) is 0 Å². The van der Waals surface area contributed by atoms with Crippen LogP contribution >= 0.6 is 0 Å². The SMILES string of the molecule is CCCC[C@H](N)C(=O)C[C@@H](CC(C)(C)C)C(=O)N[C@H](C)C(=O)N[C@@H](CC(C)(C)C)C(=O)NCC(=O)OC.O=C=O.O=C=O. The van der Waals surface area contributed by atoms with Crippen molar-refractivity contribution in [3.8, 4) is 0 Å². The minimum Gasteiger partial charge on any atom is -0.468 e. The number of unbranched alkanes of at least 4 members (excludes halogenated alkanes) is 1. The highest BCUT2D eigenvalue weighted by molar-refractivity contribution is 5.94. The number of carbonyl (C=O) groups excluding carboxylic acids is 9. The number of methoxy groups -OCH3 is 1. The van der Waals surface area contributed by atoms with E-state index in [-0.39, 0.29) is 41.9 Å². The molecule has 4 atom stereocenters. The quantitative estimate of drug-likeness (QED) is 0.191. The van der Waals surface area contributed by atoms with Gasteiger partial charge in [0, 0.05) is 12.3 Å². The smallest absolute Gasteiger partial charge is 0.373 e. The van der Waals surface area contributed by atoms with Gasteiger partial charge in [-0.1, -0.05) is 61.3 Å². The summed E-state index contributed by atoms with van der Waals surface area (Å²) >= 11 is 0. The predicted molar refractivity (Wildman–Crippen MR) is 153 cm³/mol. The number of Topliss-reactive ketones (excluding diaryl/α,β-unsaturated/α-hetero) is 1. The first-order valence-corrected chi connectivity index (χ1v) is 14.0. The van der Waals surface area contributed by atoms with Crippen molar-refractivity contribution in [2.45, 2.75) is 112 Å². The number of ketones is 1. The molecular formula is C29H50N4O10. The van der Waals surface area contributed by atoms with E-state index in [2.05, 4.69) is 20.7 Å². The summed E-state index contributed by atoms with van der Waals surface area (Å²) in [6.45, 7) is 14.9. The third-order valence-corrected chi connectivity index (χ3v) is 5.80. The first-order valence-electron chi connectivity index (χ1n) is 14.0. The lowest BCUT2D eigenvalue weighted by molar-refractivity contribution is -0.193. The average Bonchev–Trinajstić information content (AvgIpc) is 2.88. The molecule has 0 aromatic heterocycles. The summed E-state index contributed by atoms with van der Waals surface area (Å²) in [5, 5.41) is 7.86. The summed E-state index contributed by atoms with van der Waals surface area (Å²) in [6, 6.07) is -2.48. The summed E-state index contributed by atoms with van der Waals surface area (Å²) in [5.41, 5.74) is 5.51. The van der Waals surface area contributed by atoms with E-state index in [1.807, 2.05) is 48.5 Å². The van der Waals surface area contributed by atoms with Crippen LogP contribution in [0.15, 0.2) is 0 Å². The standard InChI is InChI=1S/C27H50N4O6.2CO2/c1-10-11-12-19(28)21(32)13-18(14-26(3,4)5)24(35)30-17(2)23(34)31-20(15-27(6,7)8)25(36)29-16-22(33)37-9;2*2-1-3/h17-20H,10-16,28H2,1-9H3,(H,29,36)(H,30,35)(H,31,34);;/t17-,18+,19+,20+;;/m1../s1. The third kappa shape index (κ3) is 24.6. The van der Waals surface area contributed by atoms with E-state index in [0.717, 1.165) is 12.8 Å². The fourth-order valence-electron chi connectivity index (χ4n) is 3.85. The summed E-state index contributed by atoms with van der Waals surface area (Å²) in [5.74, 6) is -2.88. The van der Waals surface area contributed by atoms with Crippen molar-refractivity contribution >= 4 is 41.8 Å². The zero-order valence-corrected chi connectivity index (χ0v) is 26.9. The van der Waals surface area contributed by atoms with Crippen LogP contribution in [0, 0.1) is 16.7 Å². The van der Waals surface area contributed by atoms with Crippen molar-refractivity contribution in [3.05, 3.63) is 0 Å². The van der Waals surface area contributed by atoms with E-state index in [0.29, 0.717) is 19.3 Å². The fourth-order valence-corrected chi connectivity index (χ4v) is 3.85. The van der Waals surface area contributed by atoms with E-state index in [9.17, 15) is 24.0 Å². The van der Waals surface area contributed by atoms with Crippen LogP contribution in [0.25, 0.3) is 0 Å². The Balaban J connectivity index is -0.00000244. The van der Waals surface area contributed by atoms with E-state index in [1.165, 1.54) is 14.0 Å². The van der Waals surface area contributed by atoms with Gasteiger partial charge in [-0.05, 0) is 37.0 Å². The Hall–Kier alpha value is -3.73. The molecule has 0 saturated heterocycles. The molecule has 0 aromatic carbocycles. The van der Waals surface area contributed by atoms with Gasteiger partial charge in [0.25, 0.3) is 0 Å². The van der Waals surface area contributed by atoms with Gasteiger partial charge in [0.05, 0.1) is 13.2 Å². The maximum Gasteiger partial charge on any atom is 0.373 e. The molecule has 0 aliphatic carbocycles. The molecule has 0 rings (SSSR count). The van der Waals surface area contributed by atoms with Crippen LogP contribution in [-0.2, 0) is 47.9 Å². The highest BCUT2D eigenvalue weighted by atomic mass is 16.5. The molecule has 0 bridgehead atoms. The molecule has 0 aliphatic rings. The second kappa shape index (κ2) is 22.8. The largest absolute Gasteiger partial charge is 0.468 e. The maximum atomic E-state index is 13.2. The third-order valence-electron chi connectivity index (χ3n) is 5.80. The molecule has 3 amide bonds. The van der Waals surface area contributed by atoms with E-state index in [4.69, 9.17) is 24.9 Å². The van der Waals surface area contributed by atoms with Gasteiger partial charge < -0.3 is 26.4 Å². The van der Waals surface area contributed by atoms with Crippen molar-refractivity contribution in [1.29, 1.82) is 0 Å². The van der Waals surface area contributed by atoms with E-state index >= 15 is 0 Å². The molecule has 0 fully saturated rings. The fraction of sp³-hybridized carbons (Fsp3) is 0.759. The molecule has 0 heterocycles. The molecule has 0 saturated carbocycles. The van der Waals surface area contributed by atoms with Gasteiger partial charge >= 0.3 is 18.3 Å². The molecule has 14 nitrogen and oxygen atoms in total. The van der Waals surface area contributed by atoms with Gasteiger partial charge in [-0.25, -0.2) is 0 Å². The lowest BCUT2D eigenvalue weighted by Crippen LogP contribution is -2.55. The lowest BCUT2D eigenvalue weighted by atomic mass is 9.81. The van der Waals surface area contributed by atoms with Gasteiger partial charge in [-0.3, -0.25) is 24.0 Å². The Morgan fingerprint density at radius 2 is 1.30 bits per heavy atom. The number of hydrogen-bond acceptors (Lipinski definition) is 11. The summed E-state index contributed by atoms with van der Waals surface area (Å²) < 4.78 is 4.54. The van der Waals surface area contributed by atoms with Crippen molar-refractivity contribution in [2.24, 2.45) is 22.5 Å². The predicted octanol–water partition coefficient (Wildman–Crippen LogP) is 1.06. The number of nitrogens with one attached hydrogen (secondary N) is 3. The number of rotatable bonds is 15. The first-order chi connectivity index (χ1) is 19.7. The van der Waals surface area contributed by atoms with E-state index < -0.39 is 47.7 Å². The zero-order valence-electron chi connectivity index (χ0n) is 26.9. The topological polar surface area (TPSA) is 225 Å². The molecule has 43 heavy (non-hydrogen) atoms.